The maximum Gasteiger partial charge on any atom is 0.220 e. The fourth-order valence-corrected chi connectivity index (χ4v) is 3.63. The summed E-state index contributed by atoms with van der Waals surface area (Å²) in [5, 5.41) is 15.9. The predicted octanol–water partition coefficient (Wildman–Crippen LogP) is 1.85. The van der Waals surface area contributed by atoms with Crippen LogP contribution in [0.4, 0.5) is 0 Å². The number of nitrogens with one attached hydrogen (secondary N) is 2. The van der Waals surface area contributed by atoms with Crippen LogP contribution < -0.4 is 10.6 Å². The third-order valence-electron chi connectivity index (χ3n) is 4.44. The van der Waals surface area contributed by atoms with Crippen LogP contribution in [0.25, 0.3) is 0 Å². The lowest BCUT2D eigenvalue weighted by Gasteiger charge is -2.28. The molecule has 20 heavy (non-hydrogen) atoms. The second-order valence-corrected chi connectivity index (χ2v) is 6.67. The van der Waals surface area contributed by atoms with Crippen LogP contribution in [0, 0.1) is 11.8 Å². The Morgan fingerprint density at radius 1 is 1.30 bits per heavy atom. The molecule has 0 aromatic carbocycles. The van der Waals surface area contributed by atoms with Gasteiger partial charge in [0.25, 0.3) is 0 Å². The number of aliphatic hydroxyl groups is 1. The second-order valence-electron chi connectivity index (χ2n) is 6.67. The number of hydrogen-bond donors (Lipinski definition) is 3. The van der Waals surface area contributed by atoms with Crippen molar-refractivity contribution >= 4 is 18.3 Å². The zero-order valence-corrected chi connectivity index (χ0v) is 13.4. The van der Waals surface area contributed by atoms with Crippen LogP contribution in [-0.2, 0) is 4.79 Å². The van der Waals surface area contributed by atoms with E-state index in [4.69, 9.17) is 0 Å². The van der Waals surface area contributed by atoms with E-state index >= 15 is 0 Å². The molecule has 0 saturated carbocycles. The Kier molecular flexibility index (Phi) is 7.27. The molecule has 0 aromatic heterocycles. The summed E-state index contributed by atoms with van der Waals surface area (Å²) in [5.41, 5.74) is 0. The number of fused-ring (bicyclic) bond motifs is 2. The van der Waals surface area contributed by atoms with E-state index in [1.165, 1.54) is 12.8 Å². The Labute approximate surface area is 128 Å². The average molecular weight is 305 g/mol. The molecule has 4 unspecified atom stereocenters. The molecule has 2 bridgehead atoms. The van der Waals surface area contributed by atoms with Crippen LogP contribution in [0.2, 0.25) is 0 Å². The van der Waals surface area contributed by atoms with Crippen molar-refractivity contribution < 1.29 is 9.90 Å². The molecule has 118 valence electrons. The summed E-state index contributed by atoms with van der Waals surface area (Å²) in [6.07, 6.45) is 6.03. The van der Waals surface area contributed by atoms with Crippen molar-refractivity contribution in [2.24, 2.45) is 11.8 Å². The van der Waals surface area contributed by atoms with Crippen molar-refractivity contribution in [2.45, 2.75) is 70.6 Å². The molecule has 1 amide bonds. The largest absolute Gasteiger partial charge is 0.393 e. The molecule has 0 radical (unpaired) electrons. The molecule has 5 heteroatoms. The SMILES string of the molecule is CC(O)CC(C)CNC(=O)CC1CC2CCC(C1)N2.Cl. The highest BCUT2D eigenvalue weighted by molar-refractivity contribution is 5.85. The minimum atomic E-state index is -0.285. The van der Waals surface area contributed by atoms with E-state index in [1.807, 2.05) is 0 Å². The number of rotatable bonds is 6. The van der Waals surface area contributed by atoms with Gasteiger partial charge in [0, 0.05) is 25.0 Å². The highest BCUT2D eigenvalue weighted by atomic mass is 35.5. The van der Waals surface area contributed by atoms with Gasteiger partial charge in [-0.25, -0.2) is 0 Å². The lowest BCUT2D eigenvalue weighted by atomic mass is 9.89. The molecule has 2 aliphatic heterocycles. The molecule has 0 aliphatic carbocycles. The standard InChI is InChI=1S/C15H28N2O2.ClH/c1-10(5-11(2)18)9-16-15(19)8-12-6-13-3-4-14(7-12)17-13;/h10-14,17-18H,3-9H2,1-2H3,(H,16,19);1H. The second kappa shape index (κ2) is 8.20. The number of carbonyl (C=O) groups excluding carboxylic acids is 1. The van der Waals surface area contributed by atoms with E-state index in [2.05, 4.69) is 17.6 Å². The topological polar surface area (TPSA) is 61.4 Å². The zero-order chi connectivity index (χ0) is 13.8. The van der Waals surface area contributed by atoms with Crippen molar-refractivity contribution in [3.8, 4) is 0 Å². The van der Waals surface area contributed by atoms with E-state index in [1.54, 1.807) is 6.92 Å². The predicted molar refractivity (Wildman–Crippen MR) is 83.0 cm³/mol. The van der Waals surface area contributed by atoms with Gasteiger partial charge in [0.15, 0.2) is 0 Å². The molecule has 4 atom stereocenters. The minimum Gasteiger partial charge on any atom is -0.393 e. The Bertz CT molecular complexity index is 300. The molecule has 2 rings (SSSR count). The Morgan fingerprint density at radius 3 is 2.45 bits per heavy atom. The lowest BCUT2D eigenvalue weighted by Crippen LogP contribution is -2.40. The van der Waals surface area contributed by atoms with Crippen LogP contribution in [0.5, 0.6) is 0 Å². The third kappa shape index (κ3) is 5.58. The fourth-order valence-electron chi connectivity index (χ4n) is 3.63. The molecule has 0 aromatic rings. The molecular weight excluding hydrogens is 276 g/mol. The summed E-state index contributed by atoms with van der Waals surface area (Å²) in [4.78, 5) is 11.9. The quantitative estimate of drug-likeness (QED) is 0.702. The van der Waals surface area contributed by atoms with Gasteiger partial charge >= 0.3 is 0 Å². The van der Waals surface area contributed by atoms with Crippen LogP contribution in [0.15, 0.2) is 0 Å². The van der Waals surface area contributed by atoms with Gasteiger partial charge in [-0.05, 0) is 50.9 Å². The summed E-state index contributed by atoms with van der Waals surface area (Å²) in [7, 11) is 0. The van der Waals surface area contributed by atoms with Crippen molar-refractivity contribution in [1.29, 1.82) is 0 Å². The lowest BCUT2D eigenvalue weighted by molar-refractivity contribution is -0.122. The summed E-state index contributed by atoms with van der Waals surface area (Å²) in [5.74, 6) is 1.09. The van der Waals surface area contributed by atoms with Gasteiger partial charge in [-0.1, -0.05) is 6.92 Å². The van der Waals surface area contributed by atoms with Gasteiger partial charge in [0.05, 0.1) is 6.10 Å². The first-order chi connectivity index (χ1) is 9.02. The third-order valence-corrected chi connectivity index (χ3v) is 4.44. The van der Waals surface area contributed by atoms with Crippen LogP contribution in [0.1, 0.15) is 52.4 Å². The smallest absolute Gasteiger partial charge is 0.220 e. The van der Waals surface area contributed by atoms with Gasteiger partial charge in [-0.2, -0.15) is 0 Å². The molecule has 0 spiro atoms. The van der Waals surface area contributed by atoms with Crippen LogP contribution in [0.3, 0.4) is 0 Å². The Hall–Kier alpha value is -0.320. The first-order valence-electron chi connectivity index (χ1n) is 7.73. The van der Waals surface area contributed by atoms with Crippen molar-refractivity contribution in [3.63, 3.8) is 0 Å². The van der Waals surface area contributed by atoms with Gasteiger partial charge in [-0.3, -0.25) is 4.79 Å². The number of carbonyl (C=O) groups is 1. The zero-order valence-electron chi connectivity index (χ0n) is 12.6. The van der Waals surface area contributed by atoms with E-state index < -0.39 is 0 Å². The molecule has 2 heterocycles. The van der Waals surface area contributed by atoms with E-state index in [0.717, 1.165) is 19.3 Å². The molecule has 3 N–H and O–H groups in total. The monoisotopic (exact) mass is 304 g/mol. The summed E-state index contributed by atoms with van der Waals surface area (Å²) in [6.45, 7) is 4.54. The van der Waals surface area contributed by atoms with E-state index in [9.17, 15) is 9.90 Å². The number of piperidine rings is 1. The Morgan fingerprint density at radius 2 is 1.90 bits per heavy atom. The van der Waals surface area contributed by atoms with E-state index in [0.29, 0.717) is 36.9 Å². The maximum atomic E-state index is 11.9. The normalized spacial score (nSPS) is 31.2. The highest BCUT2D eigenvalue weighted by Crippen LogP contribution is 2.32. The highest BCUT2D eigenvalue weighted by Gasteiger charge is 2.34. The maximum absolute atomic E-state index is 11.9. The minimum absolute atomic E-state index is 0. The van der Waals surface area contributed by atoms with Crippen LogP contribution >= 0.6 is 12.4 Å². The number of hydrogen-bond acceptors (Lipinski definition) is 3. The molecule has 2 saturated heterocycles. The molecule has 2 fully saturated rings. The molecule has 4 nitrogen and oxygen atoms in total. The molecular formula is C15H29ClN2O2. The summed E-state index contributed by atoms with van der Waals surface area (Å²) in [6, 6.07) is 1.32. The number of amides is 1. The van der Waals surface area contributed by atoms with Gasteiger partial charge in [0.2, 0.25) is 5.91 Å². The van der Waals surface area contributed by atoms with Crippen molar-refractivity contribution in [2.75, 3.05) is 6.54 Å². The van der Waals surface area contributed by atoms with E-state index in [-0.39, 0.29) is 24.4 Å². The molecule has 2 aliphatic rings. The van der Waals surface area contributed by atoms with Gasteiger partial charge < -0.3 is 15.7 Å². The number of halogens is 1. The summed E-state index contributed by atoms with van der Waals surface area (Å²) >= 11 is 0. The van der Waals surface area contributed by atoms with Crippen molar-refractivity contribution in [1.82, 2.24) is 10.6 Å². The number of aliphatic hydroxyl groups excluding tert-OH is 1. The average Bonchev–Trinajstić information content (AvgIpc) is 2.65. The van der Waals surface area contributed by atoms with Crippen LogP contribution in [-0.4, -0.2) is 35.7 Å². The summed E-state index contributed by atoms with van der Waals surface area (Å²) < 4.78 is 0. The first kappa shape index (κ1) is 17.7. The fraction of sp³-hybridized carbons (Fsp3) is 0.933. The van der Waals surface area contributed by atoms with Gasteiger partial charge in [-0.15, -0.1) is 12.4 Å². The van der Waals surface area contributed by atoms with Gasteiger partial charge in [0.1, 0.15) is 0 Å². The van der Waals surface area contributed by atoms with Crippen molar-refractivity contribution in [3.05, 3.63) is 0 Å². The first-order valence-corrected chi connectivity index (χ1v) is 7.73. The Balaban J connectivity index is 0.00000200.